The van der Waals surface area contributed by atoms with Crippen molar-refractivity contribution < 1.29 is 9.90 Å². The zero-order valence-corrected chi connectivity index (χ0v) is 6.63. The number of aliphatic hydroxyl groups excluding tert-OH is 1. The predicted octanol–water partition coefficient (Wildman–Crippen LogP) is -1.15. The van der Waals surface area contributed by atoms with E-state index in [2.05, 4.69) is 10.6 Å². The number of likely N-dealkylation sites (N-methyl/N-ethyl adjacent to an activating group) is 1. The minimum Gasteiger partial charge on any atom is -0.392 e. The van der Waals surface area contributed by atoms with E-state index in [0.29, 0.717) is 19.5 Å². The van der Waals surface area contributed by atoms with Crippen LogP contribution >= 0.6 is 0 Å². The number of carbonyl (C=O) groups is 1. The van der Waals surface area contributed by atoms with Crippen LogP contribution in [0.2, 0.25) is 0 Å². The summed E-state index contributed by atoms with van der Waals surface area (Å²) >= 11 is 0. The molecular weight excluding hydrogens is 144 g/mol. The first-order valence-electron chi connectivity index (χ1n) is 3.93. The van der Waals surface area contributed by atoms with Gasteiger partial charge in [-0.15, -0.1) is 0 Å². The van der Waals surface area contributed by atoms with Crippen molar-refractivity contribution in [2.75, 3.05) is 13.1 Å². The standard InChI is InChI=1S/C7H14N2O2/c1-2-8-7(11)6-3-5(10)4-9-6/h5-6,9-10H,2-4H2,1H3,(H,8,11). The minimum absolute atomic E-state index is 0.0101. The molecule has 0 aliphatic carbocycles. The molecule has 1 aliphatic heterocycles. The van der Waals surface area contributed by atoms with E-state index >= 15 is 0 Å². The Morgan fingerprint density at radius 3 is 3.00 bits per heavy atom. The lowest BCUT2D eigenvalue weighted by Gasteiger charge is -2.08. The normalized spacial score (nSPS) is 30.4. The van der Waals surface area contributed by atoms with Gasteiger partial charge in [0.25, 0.3) is 0 Å². The van der Waals surface area contributed by atoms with Crippen molar-refractivity contribution in [1.29, 1.82) is 0 Å². The summed E-state index contributed by atoms with van der Waals surface area (Å²) in [4.78, 5) is 11.1. The minimum atomic E-state index is -0.359. The van der Waals surface area contributed by atoms with Crippen LogP contribution in [0.3, 0.4) is 0 Å². The van der Waals surface area contributed by atoms with Crippen molar-refractivity contribution >= 4 is 5.91 Å². The number of β-amino-alcohol motifs (C(OH)–C–C–N with tert-alkyl or cyclic N) is 1. The van der Waals surface area contributed by atoms with E-state index in [1.165, 1.54) is 0 Å². The smallest absolute Gasteiger partial charge is 0.237 e. The Bertz CT molecular complexity index is 149. The summed E-state index contributed by atoms with van der Waals surface area (Å²) in [6.07, 6.45) is 0.175. The van der Waals surface area contributed by atoms with E-state index in [-0.39, 0.29) is 18.1 Å². The topological polar surface area (TPSA) is 61.4 Å². The van der Waals surface area contributed by atoms with Crippen molar-refractivity contribution in [3.05, 3.63) is 0 Å². The van der Waals surface area contributed by atoms with Crippen LogP contribution in [0.25, 0.3) is 0 Å². The fourth-order valence-electron chi connectivity index (χ4n) is 1.21. The number of hydrogen-bond acceptors (Lipinski definition) is 3. The second-order valence-corrected chi connectivity index (χ2v) is 2.74. The van der Waals surface area contributed by atoms with Gasteiger partial charge in [-0.25, -0.2) is 0 Å². The summed E-state index contributed by atoms with van der Waals surface area (Å²) in [6.45, 7) is 3.05. The summed E-state index contributed by atoms with van der Waals surface area (Å²) in [7, 11) is 0. The maximum Gasteiger partial charge on any atom is 0.237 e. The third-order valence-corrected chi connectivity index (χ3v) is 1.78. The number of amides is 1. The monoisotopic (exact) mass is 158 g/mol. The predicted molar refractivity (Wildman–Crippen MR) is 41.1 cm³/mol. The van der Waals surface area contributed by atoms with Gasteiger partial charge in [-0.05, 0) is 13.3 Å². The van der Waals surface area contributed by atoms with Gasteiger partial charge in [0.1, 0.15) is 0 Å². The largest absolute Gasteiger partial charge is 0.392 e. The molecule has 11 heavy (non-hydrogen) atoms. The molecular formula is C7H14N2O2. The molecule has 0 spiro atoms. The summed E-state index contributed by atoms with van der Waals surface area (Å²) in [5.74, 6) is -0.0101. The average Bonchev–Trinajstić information content (AvgIpc) is 2.36. The Morgan fingerprint density at radius 2 is 2.55 bits per heavy atom. The Kier molecular flexibility index (Phi) is 2.84. The van der Waals surface area contributed by atoms with Crippen LogP contribution in [0.15, 0.2) is 0 Å². The zero-order chi connectivity index (χ0) is 8.27. The highest BCUT2D eigenvalue weighted by atomic mass is 16.3. The molecule has 0 saturated carbocycles. The van der Waals surface area contributed by atoms with Gasteiger partial charge in [0.15, 0.2) is 0 Å². The van der Waals surface area contributed by atoms with Gasteiger partial charge < -0.3 is 15.7 Å². The number of hydrogen-bond donors (Lipinski definition) is 3. The molecule has 64 valence electrons. The molecule has 2 unspecified atom stereocenters. The maximum absolute atomic E-state index is 11.1. The number of carbonyl (C=O) groups excluding carboxylic acids is 1. The summed E-state index contributed by atoms with van der Waals surface area (Å²) < 4.78 is 0. The zero-order valence-electron chi connectivity index (χ0n) is 6.63. The SMILES string of the molecule is CCNC(=O)C1CC(O)CN1. The average molecular weight is 158 g/mol. The molecule has 3 N–H and O–H groups in total. The Morgan fingerprint density at radius 1 is 1.82 bits per heavy atom. The van der Waals surface area contributed by atoms with Crippen LogP contribution in [0, 0.1) is 0 Å². The van der Waals surface area contributed by atoms with E-state index in [9.17, 15) is 4.79 Å². The molecule has 1 amide bonds. The lowest BCUT2D eigenvalue weighted by molar-refractivity contribution is -0.122. The Balaban J connectivity index is 2.31. The lowest BCUT2D eigenvalue weighted by Crippen LogP contribution is -2.40. The Labute approximate surface area is 66.0 Å². The number of nitrogens with one attached hydrogen (secondary N) is 2. The molecule has 1 aliphatic rings. The fourth-order valence-corrected chi connectivity index (χ4v) is 1.21. The first-order valence-corrected chi connectivity index (χ1v) is 3.93. The van der Waals surface area contributed by atoms with Crippen molar-refractivity contribution in [1.82, 2.24) is 10.6 Å². The highest BCUT2D eigenvalue weighted by Crippen LogP contribution is 2.05. The molecule has 1 rings (SSSR count). The van der Waals surface area contributed by atoms with Crippen molar-refractivity contribution in [3.8, 4) is 0 Å². The summed E-state index contributed by atoms with van der Waals surface area (Å²) in [5.41, 5.74) is 0. The van der Waals surface area contributed by atoms with Crippen molar-refractivity contribution in [2.45, 2.75) is 25.5 Å². The van der Waals surface area contributed by atoms with Gasteiger partial charge in [-0.1, -0.05) is 0 Å². The first-order chi connectivity index (χ1) is 5.24. The van der Waals surface area contributed by atoms with E-state index in [1.807, 2.05) is 6.92 Å². The van der Waals surface area contributed by atoms with Gasteiger partial charge in [-0.2, -0.15) is 0 Å². The fraction of sp³-hybridized carbons (Fsp3) is 0.857. The van der Waals surface area contributed by atoms with Crippen LogP contribution in [0.5, 0.6) is 0 Å². The second kappa shape index (κ2) is 3.69. The second-order valence-electron chi connectivity index (χ2n) is 2.74. The molecule has 0 aromatic heterocycles. The molecule has 2 atom stereocenters. The maximum atomic E-state index is 11.1. The molecule has 1 heterocycles. The van der Waals surface area contributed by atoms with Crippen molar-refractivity contribution in [2.24, 2.45) is 0 Å². The molecule has 1 fully saturated rings. The Hall–Kier alpha value is -0.610. The van der Waals surface area contributed by atoms with Crippen LogP contribution in [-0.2, 0) is 4.79 Å². The van der Waals surface area contributed by atoms with Crippen LogP contribution in [0.4, 0.5) is 0 Å². The van der Waals surface area contributed by atoms with Gasteiger partial charge in [0.05, 0.1) is 12.1 Å². The lowest BCUT2D eigenvalue weighted by atomic mass is 10.2. The highest BCUT2D eigenvalue weighted by Gasteiger charge is 2.27. The number of aliphatic hydroxyl groups is 1. The summed E-state index contributed by atoms with van der Waals surface area (Å²) in [6, 6.07) is -0.190. The molecule has 0 radical (unpaired) electrons. The quantitative estimate of drug-likeness (QED) is 0.475. The third-order valence-electron chi connectivity index (χ3n) is 1.78. The van der Waals surface area contributed by atoms with E-state index in [0.717, 1.165) is 0 Å². The third kappa shape index (κ3) is 2.17. The van der Waals surface area contributed by atoms with Crippen LogP contribution < -0.4 is 10.6 Å². The highest BCUT2D eigenvalue weighted by molar-refractivity contribution is 5.82. The first kappa shape index (κ1) is 8.49. The molecule has 0 aromatic carbocycles. The van der Waals surface area contributed by atoms with Gasteiger partial charge in [0, 0.05) is 13.1 Å². The van der Waals surface area contributed by atoms with Crippen molar-refractivity contribution in [3.63, 3.8) is 0 Å². The number of rotatable bonds is 2. The van der Waals surface area contributed by atoms with Crippen LogP contribution in [-0.4, -0.2) is 36.2 Å². The van der Waals surface area contributed by atoms with E-state index < -0.39 is 0 Å². The molecule has 1 saturated heterocycles. The van der Waals surface area contributed by atoms with Crippen LogP contribution in [0.1, 0.15) is 13.3 Å². The summed E-state index contributed by atoms with van der Waals surface area (Å²) in [5, 5.41) is 14.7. The molecule has 0 bridgehead atoms. The van der Waals surface area contributed by atoms with E-state index in [1.54, 1.807) is 0 Å². The van der Waals surface area contributed by atoms with Gasteiger partial charge in [0.2, 0.25) is 5.91 Å². The van der Waals surface area contributed by atoms with E-state index in [4.69, 9.17) is 5.11 Å². The molecule has 4 nitrogen and oxygen atoms in total. The molecule has 4 heteroatoms. The van der Waals surface area contributed by atoms with Gasteiger partial charge >= 0.3 is 0 Å². The molecule has 0 aromatic rings. The van der Waals surface area contributed by atoms with Gasteiger partial charge in [-0.3, -0.25) is 4.79 Å².